The van der Waals surface area contributed by atoms with Gasteiger partial charge in [0, 0.05) is 98.5 Å². The van der Waals surface area contributed by atoms with Gasteiger partial charge in [-0.2, -0.15) is 0 Å². The Labute approximate surface area is 808 Å². The van der Waals surface area contributed by atoms with Crippen LogP contribution >= 0.6 is 0 Å². The Balaban J connectivity index is 0.000000106. The molecule has 29 aromatic rings. The molecule has 0 unspecified atom stereocenters. The van der Waals surface area contributed by atoms with Crippen LogP contribution in [0.3, 0.4) is 0 Å². The van der Waals surface area contributed by atoms with E-state index < -0.39 is 0 Å². The van der Waals surface area contributed by atoms with Gasteiger partial charge < -0.3 is 27.4 Å². The predicted octanol–water partition coefficient (Wildman–Crippen LogP) is 36.0. The zero-order valence-electron chi connectivity index (χ0n) is 76.5. The van der Waals surface area contributed by atoms with Crippen LogP contribution in [0.1, 0.15) is 0 Å². The fourth-order valence-electron chi connectivity index (χ4n) is 22.7. The summed E-state index contributed by atoms with van der Waals surface area (Å²) in [5, 5.41) is 20.2. The van der Waals surface area contributed by atoms with Crippen molar-refractivity contribution in [1.29, 1.82) is 0 Å². The largest absolute Gasteiger partial charge is 0.309 e. The van der Waals surface area contributed by atoms with E-state index in [-0.39, 0.29) is 0 Å². The molecule has 654 valence electrons. The van der Waals surface area contributed by atoms with Gasteiger partial charge in [-0.1, -0.05) is 394 Å². The summed E-state index contributed by atoms with van der Waals surface area (Å²) in [5.74, 6) is 0. The van der Waals surface area contributed by atoms with Gasteiger partial charge in [0.05, 0.1) is 71.9 Å². The van der Waals surface area contributed by atoms with Gasteiger partial charge >= 0.3 is 0 Å². The zero-order valence-corrected chi connectivity index (χ0v) is 76.5. The molecule has 6 heteroatoms. The van der Waals surface area contributed by atoms with E-state index in [1.165, 1.54) is 236 Å². The fraction of sp³-hybridized carbons (Fsp3) is 0. The molecule has 0 bridgehead atoms. The van der Waals surface area contributed by atoms with E-state index >= 15 is 0 Å². The Morgan fingerprint density at radius 1 is 0.107 bits per heavy atom. The Kier molecular flexibility index (Phi) is 19.5. The Morgan fingerprint density at radius 2 is 0.314 bits per heavy atom. The molecular formula is C134H88N6. The molecule has 6 heterocycles. The fourth-order valence-corrected chi connectivity index (χ4v) is 22.7. The van der Waals surface area contributed by atoms with Crippen LogP contribution in [0.25, 0.3) is 253 Å². The maximum absolute atomic E-state index is 2.45. The SMILES string of the molecule is c1ccc(-c2ccc(-n3c4ccccc4c4c(-c5cccc6c5c5ccccc5n6-c5ccc6ccccc6c5)cccc43)cc2)cc1.c1ccc(-c2ccc(-n3c4ccccc4c4c(-c5cccc6c5c5ccccc5n6-c5cccc6ccccc56)cccc43)cc2)cc1.c1ccc(-c2ccc(-n3c4ccccc4c4c(-c5cccc6c5c5ccccc5n6-c5ccccc5)cccc43)cc2)cc1. The van der Waals surface area contributed by atoms with E-state index in [1.54, 1.807) is 0 Å². The monoisotopic (exact) mass is 1780 g/mol. The van der Waals surface area contributed by atoms with Crippen LogP contribution in [-0.4, -0.2) is 27.4 Å². The standard InChI is InChI=1S/2C46H30N2.C42H28N2/c1-2-13-31(14-3-1)32-27-29-34(30-28-32)47-41-22-8-6-18-38(41)45-36(20-11-25-43(45)47)37-21-12-26-44-46(37)39-19-7-9-23-42(39)48(44)40-24-10-16-33-15-4-5-17-35(33)40;1-2-12-31(13-3-1)33-24-27-35(28-25-33)47-41-20-8-6-16-39(41)45-37(18-10-22-43(45)47)38-19-11-23-44-46(38)40-17-7-9-21-42(40)48(44)36-29-26-32-14-4-5-15-34(32)30-36;1-3-13-29(14-4-1)30-25-27-32(28-26-30)44-38-22-10-8-18-36(38)42-34(20-12-24-40(42)44)33-19-11-23-39-41(33)35-17-7-9-21-37(35)43(39)31-15-5-2-6-16-31/h2*1-30H;1-28H. The first-order chi connectivity index (χ1) is 69.5. The highest BCUT2D eigenvalue weighted by molar-refractivity contribution is 6.26. The summed E-state index contributed by atoms with van der Waals surface area (Å²) in [7, 11) is 0. The first-order valence-corrected chi connectivity index (χ1v) is 48.2. The van der Waals surface area contributed by atoms with E-state index in [0.717, 1.165) is 17.1 Å². The number of aromatic nitrogens is 6. The Hall–Kier alpha value is -18.6. The summed E-state index contributed by atoms with van der Waals surface area (Å²) in [6.45, 7) is 0. The van der Waals surface area contributed by atoms with Crippen molar-refractivity contribution in [3.63, 3.8) is 0 Å². The number of nitrogens with zero attached hydrogens (tertiary/aromatic N) is 6. The Morgan fingerprint density at radius 3 is 0.636 bits per heavy atom. The average molecular weight is 1780 g/mol. The minimum absolute atomic E-state index is 1.16. The lowest BCUT2D eigenvalue weighted by Crippen LogP contribution is -1.95. The first-order valence-electron chi connectivity index (χ1n) is 48.2. The van der Waals surface area contributed by atoms with Crippen molar-refractivity contribution in [2.75, 3.05) is 0 Å². The molecule has 29 rings (SSSR count). The highest BCUT2D eigenvalue weighted by atomic mass is 15.0. The van der Waals surface area contributed by atoms with Crippen molar-refractivity contribution in [1.82, 2.24) is 27.4 Å². The third kappa shape index (κ3) is 13.3. The van der Waals surface area contributed by atoms with Crippen LogP contribution in [0.15, 0.2) is 534 Å². The van der Waals surface area contributed by atoms with Crippen molar-refractivity contribution in [2.24, 2.45) is 0 Å². The molecule has 140 heavy (non-hydrogen) atoms. The number of fused-ring (bicyclic) bond motifs is 20. The second kappa shape index (κ2) is 33.8. The molecule has 23 aromatic carbocycles. The highest BCUT2D eigenvalue weighted by Crippen LogP contribution is 2.50. The minimum atomic E-state index is 1.16. The third-order valence-electron chi connectivity index (χ3n) is 28.8. The van der Waals surface area contributed by atoms with Gasteiger partial charge in [0.1, 0.15) is 0 Å². The van der Waals surface area contributed by atoms with Gasteiger partial charge in [-0.05, 0) is 222 Å². The molecule has 6 nitrogen and oxygen atoms in total. The normalized spacial score (nSPS) is 11.7. The predicted molar refractivity (Wildman–Crippen MR) is 593 cm³/mol. The topological polar surface area (TPSA) is 29.6 Å². The van der Waals surface area contributed by atoms with Crippen LogP contribution in [-0.2, 0) is 0 Å². The van der Waals surface area contributed by atoms with Crippen LogP contribution in [0.2, 0.25) is 0 Å². The molecule has 0 aliphatic carbocycles. The van der Waals surface area contributed by atoms with E-state index in [0.29, 0.717) is 0 Å². The van der Waals surface area contributed by atoms with Gasteiger partial charge in [0.2, 0.25) is 0 Å². The van der Waals surface area contributed by atoms with E-state index in [2.05, 4.69) is 561 Å². The van der Waals surface area contributed by atoms with E-state index in [9.17, 15) is 0 Å². The second-order valence-electron chi connectivity index (χ2n) is 36.4. The average Bonchev–Trinajstić information content (AvgIpc) is 1.56. The van der Waals surface area contributed by atoms with E-state index in [1.807, 2.05) is 0 Å². The molecular weight excluding hydrogens is 1690 g/mol. The maximum Gasteiger partial charge on any atom is 0.0547 e. The van der Waals surface area contributed by atoms with Crippen molar-refractivity contribution in [3.8, 4) is 101 Å². The van der Waals surface area contributed by atoms with Crippen LogP contribution in [0, 0.1) is 0 Å². The summed E-state index contributed by atoms with van der Waals surface area (Å²) in [5.41, 5.74) is 36.4. The van der Waals surface area contributed by atoms with Crippen LogP contribution < -0.4 is 0 Å². The molecule has 0 saturated heterocycles. The third-order valence-corrected chi connectivity index (χ3v) is 28.8. The van der Waals surface area contributed by atoms with Gasteiger partial charge in [0.15, 0.2) is 0 Å². The summed E-state index contributed by atoms with van der Waals surface area (Å²) < 4.78 is 14.5. The smallest absolute Gasteiger partial charge is 0.0547 e. The lowest BCUT2D eigenvalue weighted by molar-refractivity contribution is 1.18. The lowest BCUT2D eigenvalue weighted by atomic mass is 9.95. The second-order valence-corrected chi connectivity index (χ2v) is 36.4. The summed E-state index contributed by atoms with van der Waals surface area (Å²) in [6.07, 6.45) is 0. The highest BCUT2D eigenvalue weighted by Gasteiger charge is 2.27. The number of para-hydroxylation sites is 7. The summed E-state index contributed by atoms with van der Waals surface area (Å²) in [4.78, 5) is 0. The number of benzene rings is 23. The van der Waals surface area contributed by atoms with Gasteiger partial charge in [-0.3, -0.25) is 0 Å². The minimum Gasteiger partial charge on any atom is -0.309 e. The Bertz CT molecular complexity index is 9890. The van der Waals surface area contributed by atoms with Crippen LogP contribution in [0.5, 0.6) is 0 Å². The lowest BCUT2D eigenvalue weighted by Gasteiger charge is -2.12. The zero-order chi connectivity index (χ0) is 92.2. The van der Waals surface area contributed by atoms with Gasteiger partial charge in [-0.25, -0.2) is 0 Å². The summed E-state index contributed by atoms with van der Waals surface area (Å²) >= 11 is 0. The summed E-state index contributed by atoms with van der Waals surface area (Å²) in [6, 6.07) is 194. The molecule has 0 aliphatic heterocycles. The molecule has 0 radical (unpaired) electrons. The van der Waals surface area contributed by atoms with Crippen LogP contribution in [0.4, 0.5) is 0 Å². The molecule has 0 spiro atoms. The first kappa shape index (κ1) is 81.0. The molecule has 0 aliphatic rings. The quantitative estimate of drug-likeness (QED) is 0.117. The van der Waals surface area contributed by atoms with Gasteiger partial charge in [0.25, 0.3) is 0 Å². The number of hydrogen-bond donors (Lipinski definition) is 0. The van der Waals surface area contributed by atoms with Crippen molar-refractivity contribution in [3.05, 3.63) is 534 Å². The molecule has 0 saturated carbocycles. The molecule has 0 N–H and O–H groups in total. The maximum atomic E-state index is 2.45. The number of rotatable bonds is 12. The number of hydrogen-bond acceptors (Lipinski definition) is 0. The van der Waals surface area contributed by atoms with Crippen molar-refractivity contribution < 1.29 is 0 Å². The van der Waals surface area contributed by atoms with Crippen molar-refractivity contribution >= 4 is 152 Å². The molecule has 0 atom stereocenters. The van der Waals surface area contributed by atoms with Gasteiger partial charge in [-0.15, -0.1) is 0 Å². The van der Waals surface area contributed by atoms with E-state index in [4.69, 9.17) is 0 Å². The molecule has 0 fully saturated rings. The molecule has 0 amide bonds. The molecule has 6 aromatic heterocycles. The van der Waals surface area contributed by atoms with Crippen molar-refractivity contribution in [2.45, 2.75) is 0 Å².